The lowest BCUT2D eigenvalue weighted by molar-refractivity contribution is -0.161. The lowest BCUT2D eigenvalue weighted by atomic mass is 10.0. The number of phosphoric ester groups is 2. The standard InChI is InChI=1S/C70H136O17P2/c1-6-9-12-15-18-20-22-24-26-27-28-29-30-32-34-36-39-45-50-55-69(74)86-65(60-81-68(73)54-49-44-38-35-33-31-25-23-21-19-16-13-10-7-2)61-84-88(76,77)82-57-64(71)58-83-89(78,79)85-62-66(59-80-67(72)53-48-43-37-17-14-11-8-3)87-70(75)56-51-46-41-40-42-47-52-63(4)5/h63-66,71H,6-62H2,1-5H3,(H,76,77)(H,78,79)/t64-,65-,66-/m1/s1. The largest absolute Gasteiger partial charge is 0.472 e. The third kappa shape index (κ3) is 64.6. The van der Waals surface area contributed by atoms with E-state index in [1.54, 1.807) is 0 Å². The Morgan fingerprint density at radius 3 is 0.764 bits per heavy atom. The first-order valence-electron chi connectivity index (χ1n) is 36.6. The molecule has 0 rings (SSSR count). The molecule has 0 radical (unpaired) electrons. The van der Waals surface area contributed by atoms with E-state index < -0.39 is 97.5 Å². The Kier molecular flexibility index (Phi) is 62.1. The fourth-order valence-electron chi connectivity index (χ4n) is 10.6. The molecule has 89 heavy (non-hydrogen) atoms. The first-order chi connectivity index (χ1) is 43.0. The summed E-state index contributed by atoms with van der Waals surface area (Å²) in [6.07, 6.45) is 50.4. The molecule has 0 bridgehead atoms. The number of carbonyl (C=O) groups excluding carboxylic acids is 4. The second-order valence-electron chi connectivity index (χ2n) is 25.7. The topological polar surface area (TPSA) is 237 Å². The van der Waals surface area contributed by atoms with Crippen molar-refractivity contribution in [1.82, 2.24) is 0 Å². The second kappa shape index (κ2) is 63.5. The van der Waals surface area contributed by atoms with Crippen molar-refractivity contribution in [2.45, 2.75) is 380 Å². The molecular formula is C70H136O17P2. The van der Waals surface area contributed by atoms with Gasteiger partial charge in [-0.2, -0.15) is 0 Å². The molecule has 3 N–H and O–H groups in total. The van der Waals surface area contributed by atoms with E-state index in [0.29, 0.717) is 31.6 Å². The van der Waals surface area contributed by atoms with Gasteiger partial charge < -0.3 is 33.8 Å². The van der Waals surface area contributed by atoms with Crippen LogP contribution in [0.1, 0.15) is 362 Å². The number of hydrogen-bond acceptors (Lipinski definition) is 15. The number of ether oxygens (including phenoxy) is 4. The monoisotopic (exact) mass is 1310 g/mol. The average molecular weight is 1310 g/mol. The highest BCUT2D eigenvalue weighted by molar-refractivity contribution is 7.47. The number of phosphoric acid groups is 2. The molecule has 0 heterocycles. The van der Waals surface area contributed by atoms with E-state index in [2.05, 4.69) is 34.6 Å². The predicted molar refractivity (Wildman–Crippen MR) is 358 cm³/mol. The van der Waals surface area contributed by atoms with E-state index in [0.717, 1.165) is 103 Å². The van der Waals surface area contributed by atoms with Gasteiger partial charge in [0, 0.05) is 25.7 Å². The van der Waals surface area contributed by atoms with Crippen molar-refractivity contribution in [1.29, 1.82) is 0 Å². The zero-order valence-electron chi connectivity index (χ0n) is 57.6. The Morgan fingerprint density at radius 1 is 0.303 bits per heavy atom. The maximum atomic E-state index is 13.0. The molecule has 0 saturated heterocycles. The highest BCUT2D eigenvalue weighted by Gasteiger charge is 2.30. The Morgan fingerprint density at radius 2 is 0.517 bits per heavy atom. The van der Waals surface area contributed by atoms with Gasteiger partial charge in [-0.1, -0.05) is 311 Å². The van der Waals surface area contributed by atoms with Crippen LogP contribution in [0.25, 0.3) is 0 Å². The molecule has 0 amide bonds. The summed E-state index contributed by atoms with van der Waals surface area (Å²) in [7, 11) is -9.89. The molecule has 528 valence electrons. The molecule has 19 heteroatoms. The van der Waals surface area contributed by atoms with Crippen molar-refractivity contribution in [3.05, 3.63) is 0 Å². The number of hydrogen-bond donors (Lipinski definition) is 3. The Labute approximate surface area is 543 Å². The normalized spacial score (nSPS) is 14.1. The third-order valence-corrected chi connectivity index (χ3v) is 18.2. The Hall–Kier alpha value is -1.94. The van der Waals surface area contributed by atoms with E-state index in [4.69, 9.17) is 37.0 Å². The summed E-state index contributed by atoms with van der Waals surface area (Å²) in [4.78, 5) is 72.3. The minimum Gasteiger partial charge on any atom is -0.462 e. The molecular weight excluding hydrogens is 1170 g/mol. The highest BCUT2D eigenvalue weighted by atomic mass is 31.2. The van der Waals surface area contributed by atoms with Gasteiger partial charge >= 0.3 is 39.5 Å². The summed E-state index contributed by atoms with van der Waals surface area (Å²) in [5.41, 5.74) is 0. The summed E-state index contributed by atoms with van der Waals surface area (Å²) in [5.74, 6) is -1.46. The summed E-state index contributed by atoms with van der Waals surface area (Å²) < 4.78 is 68.1. The molecule has 0 fully saturated rings. The molecule has 5 atom stereocenters. The number of aliphatic hydroxyl groups is 1. The molecule has 0 aromatic heterocycles. The van der Waals surface area contributed by atoms with Crippen LogP contribution >= 0.6 is 15.6 Å². The maximum Gasteiger partial charge on any atom is 0.472 e. The van der Waals surface area contributed by atoms with Crippen LogP contribution < -0.4 is 0 Å². The molecule has 0 saturated carbocycles. The predicted octanol–water partition coefficient (Wildman–Crippen LogP) is 20.1. The fraction of sp³-hybridized carbons (Fsp3) is 0.943. The van der Waals surface area contributed by atoms with Gasteiger partial charge in [-0.15, -0.1) is 0 Å². The zero-order chi connectivity index (χ0) is 65.6. The first-order valence-corrected chi connectivity index (χ1v) is 39.6. The van der Waals surface area contributed by atoms with Crippen LogP contribution in [0.15, 0.2) is 0 Å². The van der Waals surface area contributed by atoms with Crippen molar-refractivity contribution in [3.63, 3.8) is 0 Å². The molecule has 0 aliphatic heterocycles. The van der Waals surface area contributed by atoms with Crippen molar-refractivity contribution in [2.24, 2.45) is 5.92 Å². The zero-order valence-corrected chi connectivity index (χ0v) is 59.4. The van der Waals surface area contributed by atoms with Crippen LogP contribution in [0.5, 0.6) is 0 Å². The SMILES string of the molecule is CCCCCCCCCCCCCCCCCCCCCC(=O)O[C@H](COC(=O)CCCCCCCCCCCCCCCC)COP(=O)(O)OC[C@@H](O)COP(=O)(O)OC[C@@H](COC(=O)CCCCCCCCC)OC(=O)CCCCCCCCC(C)C. The van der Waals surface area contributed by atoms with Crippen LogP contribution in [-0.4, -0.2) is 96.7 Å². The number of rotatable bonds is 70. The van der Waals surface area contributed by atoms with Crippen LogP contribution in [0.4, 0.5) is 0 Å². The van der Waals surface area contributed by atoms with E-state index in [1.807, 2.05) is 0 Å². The smallest absolute Gasteiger partial charge is 0.462 e. The van der Waals surface area contributed by atoms with Gasteiger partial charge in [0.2, 0.25) is 0 Å². The second-order valence-corrected chi connectivity index (χ2v) is 28.7. The number of aliphatic hydroxyl groups excluding tert-OH is 1. The van der Waals surface area contributed by atoms with Crippen molar-refractivity contribution in [3.8, 4) is 0 Å². The first kappa shape index (κ1) is 87.1. The summed E-state index contributed by atoms with van der Waals surface area (Å²) >= 11 is 0. The van der Waals surface area contributed by atoms with Crippen LogP contribution in [0, 0.1) is 5.92 Å². The van der Waals surface area contributed by atoms with Crippen LogP contribution in [-0.2, 0) is 65.4 Å². The van der Waals surface area contributed by atoms with Gasteiger partial charge in [0.15, 0.2) is 12.2 Å². The number of unbranched alkanes of at least 4 members (excludes halogenated alkanes) is 42. The number of esters is 4. The van der Waals surface area contributed by atoms with E-state index in [1.165, 1.54) is 173 Å². The minimum atomic E-state index is -4.95. The lowest BCUT2D eigenvalue weighted by Gasteiger charge is -2.21. The van der Waals surface area contributed by atoms with Crippen molar-refractivity contribution < 1.29 is 80.2 Å². The van der Waals surface area contributed by atoms with Gasteiger partial charge in [0.05, 0.1) is 26.4 Å². The lowest BCUT2D eigenvalue weighted by Crippen LogP contribution is -2.30. The minimum absolute atomic E-state index is 0.102. The molecule has 2 unspecified atom stereocenters. The van der Waals surface area contributed by atoms with Crippen LogP contribution in [0.2, 0.25) is 0 Å². The van der Waals surface area contributed by atoms with Crippen molar-refractivity contribution >= 4 is 39.5 Å². The summed E-state index contributed by atoms with van der Waals surface area (Å²) in [6, 6.07) is 0. The Balaban J connectivity index is 5.16. The summed E-state index contributed by atoms with van der Waals surface area (Å²) in [5, 5.41) is 10.6. The quantitative estimate of drug-likeness (QED) is 0.0222. The molecule has 0 aromatic carbocycles. The molecule has 17 nitrogen and oxygen atoms in total. The van der Waals surface area contributed by atoms with Crippen LogP contribution in [0.3, 0.4) is 0 Å². The van der Waals surface area contributed by atoms with Gasteiger partial charge in [-0.3, -0.25) is 37.3 Å². The number of carbonyl (C=O) groups is 4. The molecule has 0 aliphatic rings. The highest BCUT2D eigenvalue weighted by Crippen LogP contribution is 2.45. The summed E-state index contributed by atoms with van der Waals surface area (Å²) in [6.45, 7) is 7.11. The molecule has 0 aliphatic carbocycles. The maximum absolute atomic E-state index is 13.0. The van der Waals surface area contributed by atoms with E-state index >= 15 is 0 Å². The Bertz CT molecular complexity index is 1720. The van der Waals surface area contributed by atoms with Gasteiger partial charge in [-0.25, -0.2) is 9.13 Å². The van der Waals surface area contributed by atoms with Gasteiger partial charge in [0.25, 0.3) is 0 Å². The van der Waals surface area contributed by atoms with E-state index in [-0.39, 0.29) is 25.7 Å². The molecule has 0 aromatic rings. The average Bonchev–Trinajstić information content (AvgIpc) is 3.72. The third-order valence-electron chi connectivity index (χ3n) is 16.3. The van der Waals surface area contributed by atoms with Gasteiger partial charge in [-0.05, 0) is 31.6 Å². The van der Waals surface area contributed by atoms with Crippen molar-refractivity contribution in [2.75, 3.05) is 39.6 Å². The van der Waals surface area contributed by atoms with Gasteiger partial charge in [0.1, 0.15) is 19.3 Å². The fourth-order valence-corrected chi connectivity index (χ4v) is 12.2. The van der Waals surface area contributed by atoms with E-state index in [9.17, 15) is 43.2 Å². The molecule has 0 spiro atoms.